The van der Waals surface area contributed by atoms with Crippen LogP contribution in [0.3, 0.4) is 0 Å². The van der Waals surface area contributed by atoms with Gasteiger partial charge in [0.25, 0.3) is 5.91 Å². The summed E-state index contributed by atoms with van der Waals surface area (Å²) in [6.07, 6.45) is 1.82. The number of anilines is 1. The quantitative estimate of drug-likeness (QED) is 0.855. The van der Waals surface area contributed by atoms with Gasteiger partial charge >= 0.3 is 0 Å². The molecule has 0 aliphatic carbocycles. The van der Waals surface area contributed by atoms with Crippen LogP contribution >= 0.6 is 11.5 Å². The van der Waals surface area contributed by atoms with Crippen LogP contribution in [0.15, 0.2) is 24.3 Å². The molecule has 21 heavy (non-hydrogen) atoms. The molecule has 6 heteroatoms. The van der Waals surface area contributed by atoms with Crippen LogP contribution in [0.1, 0.15) is 45.5 Å². The summed E-state index contributed by atoms with van der Waals surface area (Å²) >= 11 is 1.12. The molecule has 0 atom stereocenters. The van der Waals surface area contributed by atoms with Crippen molar-refractivity contribution in [1.29, 1.82) is 0 Å². The van der Waals surface area contributed by atoms with Gasteiger partial charge in [0.2, 0.25) is 0 Å². The molecule has 0 saturated carbocycles. The number of benzene rings is 1. The third-order valence-corrected chi connectivity index (χ3v) is 4.37. The normalized spacial score (nSPS) is 14.7. The van der Waals surface area contributed by atoms with E-state index in [1.54, 1.807) is 11.0 Å². The Kier molecular flexibility index (Phi) is 3.79. The Balaban J connectivity index is 2.04. The first kappa shape index (κ1) is 13.9. The van der Waals surface area contributed by atoms with E-state index >= 15 is 0 Å². The van der Waals surface area contributed by atoms with Crippen molar-refractivity contribution >= 4 is 28.9 Å². The van der Waals surface area contributed by atoms with Crippen LogP contribution in [0.5, 0.6) is 0 Å². The molecule has 1 aliphatic rings. The maximum absolute atomic E-state index is 12.8. The molecule has 0 unspecified atom stereocenters. The van der Waals surface area contributed by atoms with Gasteiger partial charge in [0.1, 0.15) is 4.88 Å². The average Bonchev–Trinajstić information content (AvgIpc) is 2.93. The number of nitrogens with zero attached hydrogens (tertiary/aromatic N) is 3. The van der Waals surface area contributed by atoms with E-state index in [1.165, 1.54) is 0 Å². The van der Waals surface area contributed by atoms with Crippen molar-refractivity contribution in [2.75, 3.05) is 11.4 Å². The second kappa shape index (κ2) is 5.73. The smallest absolute Gasteiger partial charge is 0.271 e. The van der Waals surface area contributed by atoms with Crippen LogP contribution in [-0.2, 0) is 6.42 Å². The maximum atomic E-state index is 12.8. The summed E-state index contributed by atoms with van der Waals surface area (Å²) in [4.78, 5) is 27.2. The largest absolute Gasteiger partial charge is 0.307 e. The number of aromatic nitrogens is 2. The molecule has 2 heterocycles. The van der Waals surface area contributed by atoms with Crippen molar-refractivity contribution in [2.45, 2.75) is 26.2 Å². The standard InChI is InChI=1S/C15H15N3O2S/c1-2-11-14(21-17-16-11)15(20)18-9-5-8-13(19)10-6-3-4-7-12(10)18/h3-4,6-7H,2,5,8-9H2,1H3. The number of carbonyl (C=O) groups excluding carboxylic acids is 2. The van der Waals surface area contributed by atoms with Crippen molar-refractivity contribution in [2.24, 2.45) is 0 Å². The molecule has 3 rings (SSSR count). The molecule has 0 bridgehead atoms. The van der Waals surface area contributed by atoms with E-state index in [1.807, 2.05) is 25.1 Å². The van der Waals surface area contributed by atoms with Crippen molar-refractivity contribution in [3.63, 3.8) is 0 Å². The fraction of sp³-hybridized carbons (Fsp3) is 0.333. The number of carbonyl (C=O) groups is 2. The molecule has 5 nitrogen and oxygen atoms in total. The minimum absolute atomic E-state index is 0.0963. The first-order chi connectivity index (χ1) is 10.2. The number of hydrogen-bond acceptors (Lipinski definition) is 5. The lowest BCUT2D eigenvalue weighted by atomic mass is 10.1. The molecular formula is C15H15N3O2S. The highest BCUT2D eigenvalue weighted by molar-refractivity contribution is 7.08. The van der Waals surface area contributed by atoms with Crippen molar-refractivity contribution in [3.05, 3.63) is 40.4 Å². The summed E-state index contributed by atoms with van der Waals surface area (Å²) in [5, 5.41) is 4.00. The van der Waals surface area contributed by atoms with Crippen LogP contribution in [0.4, 0.5) is 5.69 Å². The Labute approximate surface area is 126 Å². The second-order valence-electron chi connectivity index (χ2n) is 4.90. The summed E-state index contributed by atoms with van der Waals surface area (Å²) in [5.74, 6) is -0.0111. The number of rotatable bonds is 2. The molecule has 2 aromatic rings. The Morgan fingerprint density at radius 1 is 1.38 bits per heavy atom. The van der Waals surface area contributed by atoms with Gasteiger partial charge in [0.15, 0.2) is 5.78 Å². The Morgan fingerprint density at radius 2 is 2.19 bits per heavy atom. The lowest BCUT2D eigenvalue weighted by Crippen LogP contribution is -2.31. The zero-order valence-corrected chi connectivity index (χ0v) is 12.5. The molecule has 1 amide bonds. The number of para-hydroxylation sites is 1. The van der Waals surface area contributed by atoms with E-state index < -0.39 is 0 Å². The van der Waals surface area contributed by atoms with Gasteiger partial charge in [-0.15, -0.1) is 5.10 Å². The van der Waals surface area contributed by atoms with Gasteiger partial charge in [-0.3, -0.25) is 9.59 Å². The molecule has 0 saturated heterocycles. The molecule has 0 spiro atoms. The van der Waals surface area contributed by atoms with Gasteiger partial charge in [0.05, 0.1) is 11.4 Å². The number of aryl methyl sites for hydroxylation is 1. The van der Waals surface area contributed by atoms with Gasteiger partial charge in [-0.05, 0) is 36.5 Å². The zero-order valence-electron chi connectivity index (χ0n) is 11.7. The minimum Gasteiger partial charge on any atom is -0.307 e. The highest BCUT2D eigenvalue weighted by Crippen LogP contribution is 2.28. The lowest BCUT2D eigenvalue weighted by Gasteiger charge is -2.21. The third-order valence-electron chi connectivity index (χ3n) is 3.61. The summed E-state index contributed by atoms with van der Waals surface area (Å²) in [7, 11) is 0. The summed E-state index contributed by atoms with van der Waals surface area (Å²) < 4.78 is 3.88. The van der Waals surface area contributed by atoms with E-state index in [0.717, 1.165) is 17.2 Å². The predicted octanol–water partition coefficient (Wildman–Crippen LogP) is 2.72. The molecule has 1 aromatic heterocycles. The van der Waals surface area contributed by atoms with Crippen LogP contribution in [0.25, 0.3) is 0 Å². The van der Waals surface area contributed by atoms with Gasteiger partial charge in [-0.25, -0.2) is 0 Å². The highest BCUT2D eigenvalue weighted by atomic mass is 32.1. The molecule has 0 radical (unpaired) electrons. The topological polar surface area (TPSA) is 63.2 Å². The molecule has 0 fully saturated rings. The summed E-state index contributed by atoms with van der Waals surface area (Å²) in [5.41, 5.74) is 2.04. The van der Waals surface area contributed by atoms with E-state index in [4.69, 9.17) is 0 Å². The number of ketones is 1. The zero-order chi connectivity index (χ0) is 14.8. The number of amides is 1. The van der Waals surface area contributed by atoms with Crippen LogP contribution < -0.4 is 4.90 Å². The summed E-state index contributed by atoms with van der Waals surface area (Å²) in [6.45, 7) is 2.50. The lowest BCUT2D eigenvalue weighted by molar-refractivity contribution is 0.0975. The van der Waals surface area contributed by atoms with E-state index in [-0.39, 0.29) is 11.7 Å². The van der Waals surface area contributed by atoms with Gasteiger partial charge < -0.3 is 4.90 Å². The number of fused-ring (bicyclic) bond motifs is 1. The number of hydrogen-bond donors (Lipinski definition) is 0. The summed E-state index contributed by atoms with van der Waals surface area (Å²) in [6, 6.07) is 7.30. The average molecular weight is 301 g/mol. The second-order valence-corrected chi connectivity index (χ2v) is 5.66. The molecule has 1 aromatic carbocycles. The first-order valence-electron chi connectivity index (χ1n) is 6.97. The van der Waals surface area contributed by atoms with Gasteiger partial charge in [0, 0.05) is 18.5 Å². The van der Waals surface area contributed by atoms with Gasteiger partial charge in [-0.2, -0.15) is 0 Å². The van der Waals surface area contributed by atoms with Crippen LogP contribution in [0, 0.1) is 0 Å². The van der Waals surface area contributed by atoms with E-state index in [2.05, 4.69) is 9.59 Å². The monoisotopic (exact) mass is 301 g/mol. The van der Waals surface area contributed by atoms with Crippen LogP contribution in [-0.4, -0.2) is 27.8 Å². The molecule has 0 N–H and O–H groups in total. The Hall–Kier alpha value is -2.08. The fourth-order valence-electron chi connectivity index (χ4n) is 2.53. The Morgan fingerprint density at radius 3 is 3.00 bits per heavy atom. The molecular weight excluding hydrogens is 286 g/mol. The first-order valence-corrected chi connectivity index (χ1v) is 7.75. The maximum Gasteiger partial charge on any atom is 0.271 e. The fourth-order valence-corrected chi connectivity index (χ4v) is 3.23. The molecule has 108 valence electrons. The van der Waals surface area contributed by atoms with E-state index in [0.29, 0.717) is 41.9 Å². The minimum atomic E-state index is -0.107. The molecule has 1 aliphatic heterocycles. The third kappa shape index (κ3) is 2.47. The van der Waals surface area contributed by atoms with Crippen LogP contribution in [0.2, 0.25) is 0 Å². The Bertz CT molecular complexity index is 696. The predicted molar refractivity (Wildman–Crippen MR) is 81.0 cm³/mol. The van der Waals surface area contributed by atoms with Crippen molar-refractivity contribution in [1.82, 2.24) is 9.59 Å². The highest BCUT2D eigenvalue weighted by Gasteiger charge is 2.28. The van der Waals surface area contributed by atoms with Gasteiger partial charge in [-0.1, -0.05) is 23.5 Å². The van der Waals surface area contributed by atoms with E-state index in [9.17, 15) is 9.59 Å². The number of Topliss-reactive ketones (excluding diaryl/α,β-unsaturated/α-hetero) is 1. The van der Waals surface area contributed by atoms with Crippen molar-refractivity contribution < 1.29 is 9.59 Å². The SMILES string of the molecule is CCc1nnsc1C(=O)N1CCCC(=O)c2ccccc21. The van der Waals surface area contributed by atoms with Crippen molar-refractivity contribution in [3.8, 4) is 0 Å².